The van der Waals surface area contributed by atoms with Gasteiger partial charge in [-0.3, -0.25) is 9.59 Å². The monoisotopic (exact) mass is 364 g/mol. The van der Waals surface area contributed by atoms with Gasteiger partial charge in [0.05, 0.1) is 7.11 Å². The van der Waals surface area contributed by atoms with Crippen LogP contribution in [0.2, 0.25) is 0 Å². The molecular weight excluding hydrogens is 344 g/mol. The fourth-order valence-electron chi connectivity index (χ4n) is 1.86. The summed E-state index contributed by atoms with van der Waals surface area (Å²) in [6.45, 7) is 3.80. The molecule has 0 fully saturated rings. The van der Waals surface area contributed by atoms with Crippen molar-refractivity contribution < 1.29 is 19.1 Å². The van der Waals surface area contributed by atoms with E-state index in [4.69, 9.17) is 9.47 Å². The van der Waals surface area contributed by atoms with Crippen molar-refractivity contribution in [2.24, 2.45) is 0 Å². The Kier molecular flexibility index (Phi) is 6.84. The largest absolute Gasteiger partial charge is 0.497 e. The van der Waals surface area contributed by atoms with Crippen LogP contribution in [0, 0.1) is 0 Å². The van der Waals surface area contributed by atoms with Crippen LogP contribution < -0.4 is 15.4 Å². The second kappa shape index (κ2) is 9.09. The number of carbonyl (C=O) groups is 2. The highest BCUT2D eigenvalue weighted by molar-refractivity contribution is 7.13. The molecule has 0 saturated heterocycles. The van der Waals surface area contributed by atoms with Crippen LogP contribution in [0.1, 0.15) is 28.7 Å². The van der Waals surface area contributed by atoms with Gasteiger partial charge >= 0.3 is 0 Å². The molecule has 0 aliphatic carbocycles. The second-order valence-corrected chi connectivity index (χ2v) is 6.46. The van der Waals surface area contributed by atoms with Crippen LogP contribution in [0.4, 0.5) is 5.69 Å². The smallest absolute Gasteiger partial charge is 0.286 e. The molecule has 0 radical (unpaired) electrons. The zero-order valence-corrected chi connectivity index (χ0v) is 15.1. The average molecular weight is 364 g/mol. The van der Waals surface area contributed by atoms with Crippen LogP contribution >= 0.6 is 11.3 Å². The van der Waals surface area contributed by atoms with Gasteiger partial charge in [-0.2, -0.15) is 0 Å². The molecular formula is C16H20N4O4S. The second-order valence-electron chi connectivity index (χ2n) is 5.40. The molecule has 0 atom stereocenters. The first-order valence-electron chi connectivity index (χ1n) is 7.63. The molecule has 2 aromatic rings. The van der Waals surface area contributed by atoms with Crippen molar-refractivity contribution in [2.75, 3.05) is 19.0 Å². The number of nitrogens with one attached hydrogen (secondary N) is 2. The maximum absolute atomic E-state index is 12.1. The minimum Gasteiger partial charge on any atom is -0.497 e. The topological polar surface area (TPSA) is 102 Å². The molecule has 25 heavy (non-hydrogen) atoms. The highest BCUT2D eigenvalue weighted by atomic mass is 32.1. The molecule has 1 heterocycles. The van der Waals surface area contributed by atoms with Gasteiger partial charge in [0, 0.05) is 11.7 Å². The van der Waals surface area contributed by atoms with Crippen LogP contribution in [0.3, 0.4) is 0 Å². The molecule has 134 valence electrons. The van der Waals surface area contributed by atoms with E-state index in [0.29, 0.717) is 16.4 Å². The third-order valence-corrected chi connectivity index (χ3v) is 3.81. The molecule has 1 aromatic carbocycles. The van der Waals surface area contributed by atoms with Crippen molar-refractivity contribution in [1.29, 1.82) is 0 Å². The molecule has 2 N–H and O–H groups in total. The van der Waals surface area contributed by atoms with Gasteiger partial charge < -0.3 is 20.1 Å². The molecule has 1 aromatic heterocycles. The normalized spacial score (nSPS) is 10.6. The Balaban J connectivity index is 1.83. The third-order valence-electron chi connectivity index (χ3n) is 2.92. The maximum Gasteiger partial charge on any atom is 0.286 e. The first kappa shape index (κ1) is 18.8. The van der Waals surface area contributed by atoms with E-state index >= 15 is 0 Å². The first-order chi connectivity index (χ1) is 12.0. The third kappa shape index (κ3) is 6.12. The lowest BCUT2D eigenvalue weighted by molar-refractivity contribution is -0.126. The fraction of sp³-hybridized carbons (Fsp3) is 0.375. The summed E-state index contributed by atoms with van der Waals surface area (Å²) in [6, 6.07) is 7.02. The number of benzene rings is 1. The van der Waals surface area contributed by atoms with Crippen LogP contribution in [-0.2, 0) is 16.1 Å². The molecule has 0 saturated carbocycles. The van der Waals surface area contributed by atoms with E-state index in [1.54, 1.807) is 31.4 Å². The number of hydrogen-bond donors (Lipinski definition) is 2. The van der Waals surface area contributed by atoms with Gasteiger partial charge in [-0.15, -0.1) is 10.2 Å². The van der Waals surface area contributed by atoms with Crippen LogP contribution in [0.25, 0.3) is 0 Å². The summed E-state index contributed by atoms with van der Waals surface area (Å²) >= 11 is 1.12. The average Bonchev–Trinajstić information content (AvgIpc) is 3.04. The Bertz CT molecular complexity index is 715. The summed E-state index contributed by atoms with van der Waals surface area (Å²) in [4.78, 5) is 23.6. The molecule has 0 unspecified atom stereocenters. The maximum atomic E-state index is 12.1. The number of hydrogen-bond acceptors (Lipinski definition) is 7. The lowest BCUT2D eigenvalue weighted by Gasteiger charge is -2.07. The Morgan fingerprint density at radius 3 is 2.56 bits per heavy atom. The zero-order valence-electron chi connectivity index (χ0n) is 14.2. The number of carbonyl (C=O) groups excluding carboxylic acids is 2. The van der Waals surface area contributed by atoms with E-state index in [1.807, 2.05) is 13.8 Å². The van der Waals surface area contributed by atoms with Gasteiger partial charge in [0.1, 0.15) is 24.0 Å². The fourth-order valence-corrected chi connectivity index (χ4v) is 2.53. The van der Waals surface area contributed by atoms with Crippen molar-refractivity contribution in [3.63, 3.8) is 0 Å². The van der Waals surface area contributed by atoms with Crippen molar-refractivity contribution in [3.8, 4) is 5.75 Å². The van der Waals surface area contributed by atoms with Crippen molar-refractivity contribution in [3.05, 3.63) is 34.3 Å². The lowest BCUT2D eigenvalue weighted by atomic mass is 10.3. The number of amides is 2. The van der Waals surface area contributed by atoms with E-state index in [0.717, 1.165) is 11.3 Å². The Labute approximate surface area is 149 Å². The standard InChI is InChI=1S/C16H20N4O4S/c1-10(2)17-13(21)8-24-9-14-19-20-16(25-14)15(22)18-11-4-6-12(23-3)7-5-11/h4-7,10H,8-9H2,1-3H3,(H,17,21)(H,18,22). The van der Waals surface area contributed by atoms with Crippen LogP contribution in [-0.4, -0.2) is 41.8 Å². The number of nitrogens with zero attached hydrogens (tertiary/aromatic N) is 2. The highest BCUT2D eigenvalue weighted by Gasteiger charge is 2.14. The number of anilines is 1. The molecule has 2 rings (SSSR count). The minimum atomic E-state index is -0.355. The molecule has 2 amide bonds. The van der Waals surface area contributed by atoms with Crippen LogP contribution in [0.15, 0.2) is 24.3 Å². The Morgan fingerprint density at radius 2 is 1.92 bits per heavy atom. The van der Waals surface area contributed by atoms with Gasteiger partial charge in [0.15, 0.2) is 0 Å². The number of methoxy groups -OCH3 is 1. The van der Waals surface area contributed by atoms with Gasteiger partial charge in [0.25, 0.3) is 5.91 Å². The number of aromatic nitrogens is 2. The predicted octanol–water partition coefficient (Wildman–Crippen LogP) is 1.84. The zero-order chi connectivity index (χ0) is 18.2. The van der Waals surface area contributed by atoms with E-state index < -0.39 is 0 Å². The first-order valence-corrected chi connectivity index (χ1v) is 8.44. The molecule has 9 heteroatoms. The van der Waals surface area contributed by atoms with Crippen molar-refractivity contribution in [1.82, 2.24) is 15.5 Å². The van der Waals surface area contributed by atoms with Crippen molar-refractivity contribution >= 4 is 28.8 Å². The van der Waals surface area contributed by atoms with E-state index in [1.165, 1.54) is 0 Å². The Morgan fingerprint density at radius 1 is 1.20 bits per heavy atom. The molecule has 0 bridgehead atoms. The van der Waals surface area contributed by atoms with Crippen molar-refractivity contribution in [2.45, 2.75) is 26.5 Å². The van der Waals surface area contributed by atoms with E-state index in [-0.39, 0.29) is 36.1 Å². The lowest BCUT2D eigenvalue weighted by Crippen LogP contribution is -2.33. The Hall–Kier alpha value is -2.52. The van der Waals surface area contributed by atoms with Gasteiger partial charge in [-0.1, -0.05) is 11.3 Å². The summed E-state index contributed by atoms with van der Waals surface area (Å²) in [7, 11) is 1.57. The predicted molar refractivity (Wildman–Crippen MR) is 93.8 cm³/mol. The highest BCUT2D eigenvalue weighted by Crippen LogP contribution is 2.17. The molecule has 0 aliphatic rings. The summed E-state index contributed by atoms with van der Waals surface area (Å²) in [5.74, 6) is 0.151. The molecule has 0 spiro atoms. The van der Waals surface area contributed by atoms with Gasteiger partial charge in [-0.05, 0) is 38.1 Å². The van der Waals surface area contributed by atoms with Crippen LogP contribution in [0.5, 0.6) is 5.75 Å². The SMILES string of the molecule is COc1ccc(NC(=O)c2nnc(COCC(=O)NC(C)C)s2)cc1. The summed E-state index contributed by atoms with van der Waals surface area (Å²) in [5, 5.41) is 13.9. The quantitative estimate of drug-likeness (QED) is 0.741. The number of ether oxygens (including phenoxy) is 2. The van der Waals surface area contributed by atoms with Gasteiger partial charge in [-0.25, -0.2) is 0 Å². The summed E-state index contributed by atoms with van der Waals surface area (Å²) in [5.41, 5.74) is 0.629. The van der Waals surface area contributed by atoms with E-state index in [9.17, 15) is 9.59 Å². The molecule has 8 nitrogen and oxygen atoms in total. The van der Waals surface area contributed by atoms with Gasteiger partial charge in [0.2, 0.25) is 10.9 Å². The minimum absolute atomic E-state index is 0.0610. The van der Waals surface area contributed by atoms with E-state index in [2.05, 4.69) is 20.8 Å². The summed E-state index contributed by atoms with van der Waals surface area (Å²) < 4.78 is 10.3. The summed E-state index contributed by atoms with van der Waals surface area (Å²) in [6.07, 6.45) is 0. The number of rotatable bonds is 8. The molecule has 0 aliphatic heterocycles.